The molecule has 7 heteroatoms. The third kappa shape index (κ3) is 6.62. The fourth-order valence-electron chi connectivity index (χ4n) is 2.74. The third-order valence-corrected chi connectivity index (χ3v) is 4.89. The molecule has 25 heavy (non-hydrogen) atoms. The lowest BCUT2D eigenvalue weighted by molar-refractivity contribution is -0.143. The van der Waals surface area contributed by atoms with E-state index in [0.29, 0.717) is 5.75 Å². The minimum atomic E-state index is -0.512. The van der Waals surface area contributed by atoms with E-state index in [0.717, 1.165) is 0 Å². The maximum absolute atomic E-state index is 12.6. The second-order valence-electron chi connectivity index (χ2n) is 8.87. The van der Waals surface area contributed by atoms with E-state index in [1.807, 2.05) is 55.4 Å². The fraction of sp³-hybridized carbons (Fsp3) is 0.833. The van der Waals surface area contributed by atoms with Crippen molar-refractivity contribution in [2.75, 3.05) is 5.75 Å². The van der Waals surface area contributed by atoms with Crippen LogP contribution in [0.2, 0.25) is 0 Å². The number of likely N-dealkylation sites (tertiary alicyclic amines) is 1. The number of carbonyl (C=O) groups excluding carboxylic acids is 3. The number of thioether (sulfide) groups is 1. The highest BCUT2D eigenvalue weighted by atomic mass is 32.2. The molecule has 0 aromatic heterocycles. The summed E-state index contributed by atoms with van der Waals surface area (Å²) in [4.78, 5) is 38.6. The molecule has 1 aliphatic rings. The van der Waals surface area contributed by atoms with Gasteiger partial charge >= 0.3 is 0 Å². The van der Waals surface area contributed by atoms with E-state index < -0.39 is 16.8 Å². The average molecular weight is 372 g/mol. The Bertz CT molecular complexity index is 521. The zero-order valence-electron chi connectivity index (χ0n) is 16.7. The van der Waals surface area contributed by atoms with Gasteiger partial charge in [-0.1, -0.05) is 0 Å². The summed E-state index contributed by atoms with van der Waals surface area (Å²) >= 11 is 1.38. The van der Waals surface area contributed by atoms with E-state index in [9.17, 15) is 14.4 Å². The maximum Gasteiger partial charge on any atom is 0.243 e. The van der Waals surface area contributed by atoms with Gasteiger partial charge in [-0.15, -0.1) is 11.8 Å². The largest absolute Gasteiger partial charge is 0.353 e. The number of nitrogens with one attached hydrogen (secondary N) is 2. The van der Waals surface area contributed by atoms with Gasteiger partial charge in [0.2, 0.25) is 17.7 Å². The van der Waals surface area contributed by atoms with Crippen LogP contribution < -0.4 is 10.6 Å². The summed E-state index contributed by atoms with van der Waals surface area (Å²) in [6, 6.07) is -0.369. The second kappa shape index (κ2) is 8.08. The van der Waals surface area contributed by atoms with Crippen LogP contribution in [0.1, 0.15) is 61.8 Å². The number of carbonyl (C=O) groups is 3. The van der Waals surface area contributed by atoms with E-state index in [4.69, 9.17) is 0 Å². The standard InChI is InChI=1S/C18H33N3O3S/c1-11(2)19-15(23)12(20-17(3,4)5)10-25-13-9-14(22)21(16(13)24)18(6,7)8/h11-13,20H,9-10H2,1-8H3,(H,19,23). The van der Waals surface area contributed by atoms with E-state index >= 15 is 0 Å². The Morgan fingerprint density at radius 1 is 1.20 bits per heavy atom. The van der Waals surface area contributed by atoms with E-state index in [-0.39, 0.29) is 35.7 Å². The van der Waals surface area contributed by atoms with Crippen molar-refractivity contribution in [1.29, 1.82) is 0 Å². The van der Waals surface area contributed by atoms with Gasteiger partial charge in [0, 0.05) is 29.3 Å². The highest BCUT2D eigenvalue weighted by molar-refractivity contribution is 8.00. The Morgan fingerprint density at radius 2 is 1.76 bits per heavy atom. The van der Waals surface area contributed by atoms with Crippen molar-refractivity contribution in [1.82, 2.24) is 15.5 Å². The Kier molecular flexibility index (Phi) is 7.10. The van der Waals surface area contributed by atoms with Crippen LogP contribution in [-0.4, -0.2) is 56.8 Å². The van der Waals surface area contributed by atoms with E-state index in [2.05, 4.69) is 10.6 Å². The summed E-state index contributed by atoms with van der Waals surface area (Å²) in [5, 5.41) is 5.81. The first-order chi connectivity index (χ1) is 11.2. The molecule has 0 spiro atoms. The molecule has 0 aliphatic carbocycles. The van der Waals surface area contributed by atoms with Gasteiger partial charge in [0.1, 0.15) is 0 Å². The van der Waals surface area contributed by atoms with Crippen LogP contribution in [0.5, 0.6) is 0 Å². The first kappa shape index (κ1) is 22.0. The predicted octanol–water partition coefficient (Wildman–Crippen LogP) is 1.93. The lowest BCUT2D eigenvalue weighted by Gasteiger charge is -2.30. The van der Waals surface area contributed by atoms with Gasteiger partial charge in [-0.2, -0.15) is 0 Å². The average Bonchev–Trinajstić information content (AvgIpc) is 2.66. The summed E-state index contributed by atoms with van der Waals surface area (Å²) in [5.41, 5.74) is -0.742. The van der Waals surface area contributed by atoms with Crippen LogP contribution in [0, 0.1) is 0 Å². The molecule has 2 unspecified atom stereocenters. The number of hydrogen-bond acceptors (Lipinski definition) is 5. The predicted molar refractivity (Wildman–Crippen MR) is 102 cm³/mol. The van der Waals surface area contributed by atoms with Gasteiger partial charge in [0.15, 0.2) is 0 Å². The van der Waals surface area contributed by atoms with Crippen molar-refractivity contribution < 1.29 is 14.4 Å². The van der Waals surface area contributed by atoms with Crippen LogP contribution in [0.3, 0.4) is 0 Å². The Balaban J connectivity index is 2.78. The molecule has 1 aliphatic heterocycles. The number of nitrogens with zero attached hydrogens (tertiary/aromatic N) is 1. The molecule has 0 aromatic carbocycles. The highest BCUT2D eigenvalue weighted by Gasteiger charge is 2.44. The molecule has 144 valence electrons. The zero-order valence-corrected chi connectivity index (χ0v) is 17.5. The molecule has 0 bridgehead atoms. The van der Waals surface area contributed by atoms with Gasteiger partial charge in [0.05, 0.1) is 11.3 Å². The zero-order chi connectivity index (χ0) is 19.6. The number of rotatable bonds is 6. The van der Waals surface area contributed by atoms with Crippen LogP contribution in [0.25, 0.3) is 0 Å². The van der Waals surface area contributed by atoms with Crippen molar-refractivity contribution >= 4 is 29.5 Å². The van der Waals surface area contributed by atoms with Gasteiger partial charge < -0.3 is 10.6 Å². The monoisotopic (exact) mass is 371 g/mol. The molecular formula is C18H33N3O3S. The summed E-state index contributed by atoms with van der Waals surface area (Å²) in [6.07, 6.45) is 0.203. The van der Waals surface area contributed by atoms with E-state index in [1.165, 1.54) is 16.7 Å². The van der Waals surface area contributed by atoms with Gasteiger partial charge in [-0.25, -0.2) is 0 Å². The maximum atomic E-state index is 12.6. The Labute approximate surface area is 155 Å². The summed E-state index contributed by atoms with van der Waals surface area (Å²) in [5.74, 6) is 0.0717. The molecular weight excluding hydrogens is 338 g/mol. The van der Waals surface area contributed by atoms with Crippen LogP contribution in [0.4, 0.5) is 0 Å². The number of amides is 3. The number of hydrogen-bond donors (Lipinski definition) is 2. The molecule has 2 N–H and O–H groups in total. The molecule has 1 saturated heterocycles. The lowest BCUT2D eigenvalue weighted by atomic mass is 10.1. The summed E-state index contributed by atoms with van der Waals surface area (Å²) in [7, 11) is 0. The highest BCUT2D eigenvalue weighted by Crippen LogP contribution is 2.30. The fourth-order valence-corrected chi connectivity index (χ4v) is 3.91. The topological polar surface area (TPSA) is 78.5 Å². The normalized spacial score (nSPS) is 20.4. The van der Waals surface area contributed by atoms with Crippen molar-refractivity contribution in [3.8, 4) is 0 Å². The minimum Gasteiger partial charge on any atom is -0.353 e. The van der Waals surface area contributed by atoms with Crippen molar-refractivity contribution in [2.45, 2.75) is 90.2 Å². The molecule has 0 aromatic rings. The molecule has 1 fully saturated rings. The van der Waals surface area contributed by atoms with Gasteiger partial charge in [0.25, 0.3) is 0 Å². The first-order valence-corrected chi connectivity index (χ1v) is 9.84. The second-order valence-corrected chi connectivity index (χ2v) is 10.1. The number of imide groups is 1. The van der Waals surface area contributed by atoms with Gasteiger partial charge in [-0.05, 0) is 55.4 Å². The minimum absolute atomic E-state index is 0.0489. The quantitative estimate of drug-likeness (QED) is 0.698. The third-order valence-electron chi connectivity index (χ3n) is 3.59. The smallest absolute Gasteiger partial charge is 0.243 e. The van der Waals surface area contributed by atoms with Crippen LogP contribution in [-0.2, 0) is 14.4 Å². The van der Waals surface area contributed by atoms with Crippen LogP contribution in [0.15, 0.2) is 0 Å². The summed E-state index contributed by atoms with van der Waals surface area (Å²) < 4.78 is 0. The molecule has 1 rings (SSSR count). The van der Waals surface area contributed by atoms with Crippen molar-refractivity contribution in [2.24, 2.45) is 0 Å². The van der Waals surface area contributed by atoms with Crippen molar-refractivity contribution in [3.05, 3.63) is 0 Å². The van der Waals surface area contributed by atoms with Gasteiger partial charge in [-0.3, -0.25) is 19.3 Å². The molecule has 2 atom stereocenters. The lowest BCUT2D eigenvalue weighted by Crippen LogP contribution is -2.54. The van der Waals surface area contributed by atoms with Crippen LogP contribution >= 0.6 is 11.8 Å². The SMILES string of the molecule is CC(C)NC(=O)C(CSC1CC(=O)N(C(C)(C)C)C1=O)NC(C)(C)C. The summed E-state index contributed by atoms with van der Waals surface area (Å²) in [6.45, 7) is 15.4. The molecule has 6 nitrogen and oxygen atoms in total. The molecule has 3 amide bonds. The molecule has 1 heterocycles. The molecule has 0 saturated carbocycles. The Morgan fingerprint density at radius 3 is 2.16 bits per heavy atom. The molecule has 0 radical (unpaired) electrons. The Hall–Kier alpha value is -1.08. The first-order valence-electron chi connectivity index (χ1n) is 8.79. The van der Waals surface area contributed by atoms with E-state index in [1.54, 1.807) is 0 Å². The van der Waals surface area contributed by atoms with Crippen molar-refractivity contribution in [3.63, 3.8) is 0 Å².